The van der Waals surface area contributed by atoms with Crippen molar-refractivity contribution in [2.75, 3.05) is 7.11 Å². The monoisotopic (exact) mass is 544 g/mol. The van der Waals surface area contributed by atoms with E-state index in [9.17, 15) is 4.79 Å². The maximum atomic E-state index is 12.6. The summed E-state index contributed by atoms with van der Waals surface area (Å²) < 4.78 is 5.60. The van der Waals surface area contributed by atoms with Crippen LogP contribution in [0.5, 0.6) is 5.75 Å². The topological polar surface area (TPSA) is 52.1 Å². The van der Waals surface area contributed by atoms with Gasteiger partial charge in [0.25, 0.3) is 0 Å². The molecule has 2 aliphatic carbocycles. The van der Waals surface area contributed by atoms with Gasteiger partial charge in [-0.2, -0.15) is 0 Å². The number of ketones is 1. The van der Waals surface area contributed by atoms with Crippen molar-refractivity contribution < 1.29 is 9.53 Å². The molecule has 0 bridgehead atoms. The minimum atomic E-state index is 0.129. The van der Waals surface area contributed by atoms with Gasteiger partial charge in [-0.25, -0.2) is 9.97 Å². The first-order valence-electron chi connectivity index (χ1n) is 16.0. The molecule has 1 fully saturated rings. The zero-order valence-electron chi connectivity index (χ0n) is 25.6. The van der Waals surface area contributed by atoms with Crippen molar-refractivity contribution in [2.24, 2.45) is 11.8 Å². The van der Waals surface area contributed by atoms with Crippen LogP contribution in [0.25, 0.3) is 6.08 Å². The number of carbonyl (C=O) groups excluding carboxylic acids is 1. The van der Waals surface area contributed by atoms with Gasteiger partial charge < -0.3 is 4.74 Å². The smallest absolute Gasteiger partial charge is 0.132 e. The Bertz CT molecular complexity index is 1120. The Labute approximate surface area is 243 Å². The Kier molecular flexibility index (Phi) is 11.4. The van der Waals surface area contributed by atoms with Gasteiger partial charge in [0, 0.05) is 18.4 Å². The standard InChI is InChI=1S/C36H52N2O2/c1-36(2,3)30-22-23-35(40-4)29(25-30)17-5-6-18-31(39)19-11-14-27-12-9-15-28(16-10-13-27)24-34-32-20-7-8-21-33(32)37-26-38-34/h7,20,22-23,25-28H,5-6,8-19,21,24H2,1-4H3. The molecule has 2 aliphatic rings. The van der Waals surface area contributed by atoms with Crippen molar-refractivity contribution in [3.05, 3.63) is 58.7 Å². The minimum absolute atomic E-state index is 0.129. The molecule has 0 radical (unpaired) electrons. The number of carbonyl (C=O) groups is 1. The lowest BCUT2D eigenvalue weighted by atomic mass is 9.81. The third-order valence-corrected chi connectivity index (χ3v) is 9.18. The van der Waals surface area contributed by atoms with Crippen LogP contribution in [0, 0.1) is 11.8 Å². The molecule has 0 N–H and O–H groups in total. The molecule has 2 aromatic rings. The molecule has 1 aromatic heterocycles. The van der Waals surface area contributed by atoms with Crippen molar-refractivity contribution in [1.82, 2.24) is 9.97 Å². The first-order valence-corrected chi connectivity index (χ1v) is 16.0. The summed E-state index contributed by atoms with van der Waals surface area (Å²) in [6.45, 7) is 6.74. The summed E-state index contributed by atoms with van der Waals surface area (Å²) in [5.41, 5.74) is 6.53. The number of ether oxygens (including phenoxy) is 1. The number of methoxy groups -OCH3 is 1. The van der Waals surface area contributed by atoms with Gasteiger partial charge in [0.15, 0.2) is 0 Å². The van der Waals surface area contributed by atoms with E-state index in [4.69, 9.17) is 4.74 Å². The number of rotatable bonds is 12. The van der Waals surface area contributed by atoms with Crippen LogP contribution >= 0.6 is 0 Å². The van der Waals surface area contributed by atoms with E-state index < -0.39 is 0 Å². The summed E-state index contributed by atoms with van der Waals surface area (Å²) in [7, 11) is 1.75. The molecule has 1 aromatic carbocycles. The number of nitrogens with zero attached hydrogens (tertiary/aromatic N) is 2. The molecular weight excluding hydrogens is 492 g/mol. The highest BCUT2D eigenvalue weighted by Crippen LogP contribution is 2.32. The second kappa shape index (κ2) is 14.9. The normalized spacial score (nSPS) is 19.5. The maximum Gasteiger partial charge on any atom is 0.132 e. The third kappa shape index (κ3) is 9.01. The third-order valence-electron chi connectivity index (χ3n) is 9.18. The molecule has 218 valence electrons. The molecule has 4 rings (SSSR count). The fraction of sp³-hybridized carbons (Fsp3) is 0.639. The summed E-state index contributed by atoms with van der Waals surface area (Å²) in [5.74, 6) is 2.96. The first-order chi connectivity index (χ1) is 19.3. The Morgan fingerprint density at radius 2 is 1.73 bits per heavy atom. The highest BCUT2D eigenvalue weighted by atomic mass is 16.5. The SMILES string of the molecule is COc1ccc(C(C)(C)C)cc1CCCCC(=O)CCCC1CCCC(Cc2ncnc3c2C=CCC3)CCC1. The lowest BCUT2D eigenvalue weighted by Crippen LogP contribution is -2.14. The zero-order valence-corrected chi connectivity index (χ0v) is 25.6. The molecule has 0 atom stereocenters. The predicted octanol–water partition coefficient (Wildman–Crippen LogP) is 9.02. The lowest BCUT2D eigenvalue weighted by molar-refractivity contribution is -0.119. The average Bonchev–Trinajstić information content (AvgIpc) is 2.93. The average molecular weight is 545 g/mol. The highest BCUT2D eigenvalue weighted by Gasteiger charge is 2.21. The van der Waals surface area contributed by atoms with E-state index in [2.05, 4.69) is 61.1 Å². The van der Waals surface area contributed by atoms with Crippen LogP contribution in [0.2, 0.25) is 0 Å². The summed E-state index contributed by atoms with van der Waals surface area (Å²) in [5, 5.41) is 0. The van der Waals surface area contributed by atoms with E-state index in [0.29, 0.717) is 5.78 Å². The van der Waals surface area contributed by atoms with Gasteiger partial charge in [0.05, 0.1) is 18.5 Å². The van der Waals surface area contributed by atoms with Crippen LogP contribution in [-0.2, 0) is 29.5 Å². The molecule has 0 spiro atoms. The number of hydrogen-bond donors (Lipinski definition) is 0. The number of allylic oxidation sites excluding steroid dienone is 1. The number of aryl methyl sites for hydroxylation is 2. The van der Waals surface area contributed by atoms with Gasteiger partial charge in [0.1, 0.15) is 17.9 Å². The molecule has 4 heteroatoms. The molecular formula is C36H52N2O2. The number of hydrogen-bond acceptors (Lipinski definition) is 4. The van der Waals surface area contributed by atoms with E-state index in [1.54, 1.807) is 13.4 Å². The quantitative estimate of drug-likeness (QED) is 0.250. The summed E-state index contributed by atoms with van der Waals surface area (Å²) >= 11 is 0. The fourth-order valence-corrected chi connectivity index (χ4v) is 6.69. The van der Waals surface area contributed by atoms with Crippen LogP contribution in [0.3, 0.4) is 0 Å². The van der Waals surface area contributed by atoms with E-state index >= 15 is 0 Å². The summed E-state index contributed by atoms with van der Waals surface area (Å²) in [6.07, 6.45) is 24.2. The van der Waals surface area contributed by atoms with E-state index in [1.807, 2.05) is 0 Å². The molecule has 0 saturated heterocycles. The van der Waals surface area contributed by atoms with Crippen molar-refractivity contribution in [3.63, 3.8) is 0 Å². The van der Waals surface area contributed by atoms with Crippen LogP contribution in [0.4, 0.5) is 0 Å². The van der Waals surface area contributed by atoms with Gasteiger partial charge in [-0.05, 0) is 79.4 Å². The molecule has 0 amide bonds. The molecule has 0 aliphatic heterocycles. The second-order valence-electron chi connectivity index (χ2n) is 13.3. The number of Topliss-reactive ketones (excluding diaryl/α,β-unsaturated/α-hetero) is 1. The van der Waals surface area contributed by atoms with Gasteiger partial charge in [-0.3, -0.25) is 4.79 Å². The summed E-state index contributed by atoms with van der Waals surface area (Å²) in [6, 6.07) is 6.56. The molecule has 40 heavy (non-hydrogen) atoms. The van der Waals surface area contributed by atoms with Gasteiger partial charge in [0.2, 0.25) is 0 Å². The predicted molar refractivity (Wildman–Crippen MR) is 166 cm³/mol. The van der Waals surface area contributed by atoms with Crippen molar-refractivity contribution in [1.29, 1.82) is 0 Å². The van der Waals surface area contributed by atoms with Crippen LogP contribution in [-0.4, -0.2) is 22.9 Å². The minimum Gasteiger partial charge on any atom is -0.496 e. The van der Waals surface area contributed by atoms with Gasteiger partial charge in [-0.15, -0.1) is 0 Å². The Balaban J connectivity index is 1.11. The van der Waals surface area contributed by atoms with Gasteiger partial charge in [-0.1, -0.05) is 90.0 Å². The van der Waals surface area contributed by atoms with E-state index in [-0.39, 0.29) is 5.41 Å². The van der Waals surface area contributed by atoms with Crippen molar-refractivity contribution in [2.45, 2.75) is 129 Å². The van der Waals surface area contributed by atoms with Crippen LogP contribution in [0.15, 0.2) is 30.6 Å². The maximum absolute atomic E-state index is 12.6. The van der Waals surface area contributed by atoms with Crippen LogP contribution < -0.4 is 4.74 Å². The first kappa shape index (κ1) is 30.5. The highest BCUT2D eigenvalue weighted by molar-refractivity contribution is 5.78. The molecule has 4 nitrogen and oxygen atoms in total. The molecule has 1 heterocycles. The molecule has 0 unspecified atom stereocenters. The van der Waals surface area contributed by atoms with E-state index in [0.717, 1.165) is 75.4 Å². The lowest BCUT2D eigenvalue weighted by Gasteiger charge is -2.25. The van der Waals surface area contributed by atoms with Crippen molar-refractivity contribution in [3.8, 4) is 5.75 Å². The molecule has 1 saturated carbocycles. The second-order valence-corrected chi connectivity index (χ2v) is 13.3. The number of benzene rings is 1. The Morgan fingerprint density at radius 3 is 2.48 bits per heavy atom. The van der Waals surface area contributed by atoms with Crippen LogP contribution in [0.1, 0.15) is 132 Å². The summed E-state index contributed by atoms with van der Waals surface area (Å²) in [4.78, 5) is 21.8. The largest absolute Gasteiger partial charge is 0.496 e. The number of aromatic nitrogens is 2. The number of unbranched alkanes of at least 4 members (excludes halogenated alkanes) is 1. The number of fused-ring (bicyclic) bond motifs is 1. The Morgan fingerprint density at radius 1 is 0.975 bits per heavy atom. The Hall–Kier alpha value is -2.49. The zero-order chi connectivity index (χ0) is 28.4. The van der Waals surface area contributed by atoms with Gasteiger partial charge >= 0.3 is 0 Å². The fourth-order valence-electron chi connectivity index (χ4n) is 6.69. The van der Waals surface area contributed by atoms with E-state index in [1.165, 1.54) is 73.0 Å². The van der Waals surface area contributed by atoms with Crippen molar-refractivity contribution >= 4 is 11.9 Å².